The Morgan fingerprint density at radius 3 is 2.43 bits per heavy atom. The van der Waals surface area contributed by atoms with Crippen LogP contribution in [-0.4, -0.2) is 103 Å². The van der Waals surface area contributed by atoms with Crippen molar-refractivity contribution in [1.82, 2.24) is 25.1 Å². The Morgan fingerprint density at radius 2 is 1.78 bits per heavy atom. The van der Waals surface area contributed by atoms with E-state index in [0.29, 0.717) is 55.4 Å². The normalized spacial score (nSPS) is 18.1. The van der Waals surface area contributed by atoms with Gasteiger partial charge in [0, 0.05) is 70.2 Å². The molecule has 1 unspecified atom stereocenters. The molecule has 2 saturated heterocycles. The number of aromatic nitrogens is 2. The van der Waals surface area contributed by atoms with Gasteiger partial charge in [-0.15, -0.1) is 0 Å². The summed E-state index contributed by atoms with van der Waals surface area (Å²) in [5, 5.41) is 3.68. The fourth-order valence-electron chi connectivity index (χ4n) is 4.56. The summed E-state index contributed by atoms with van der Waals surface area (Å²) in [4.78, 5) is 42.3. The van der Waals surface area contributed by atoms with Crippen LogP contribution in [0.1, 0.15) is 13.8 Å². The molecule has 1 atom stereocenters. The number of piperazine rings is 2. The smallest absolute Gasteiger partial charge is 0.317 e. The van der Waals surface area contributed by atoms with Crippen LogP contribution in [0, 0.1) is 0 Å². The van der Waals surface area contributed by atoms with Gasteiger partial charge in [0.15, 0.2) is 5.16 Å². The van der Waals surface area contributed by atoms with Crippen LogP contribution in [0.15, 0.2) is 35.5 Å². The minimum atomic E-state index is -0.0463. The van der Waals surface area contributed by atoms with Crippen LogP contribution in [0.4, 0.5) is 16.3 Å². The van der Waals surface area contributed by atoms with Crippen LogP contribution in [-0.2, 0) is 4.79 Å². The average molecular weight is 548 g/mol. The van der Waals surface area contributed by atoms with Gasteiger partial charge in [0.05, 0.1) is 12.9 Å². The van der Waals surface area contributed by atoms with Gasteiger partial charge in [-0.3, -0.25) is 4.79 Å². The second-order valence-electron chi connectivity index (χ2n) is 9.01. The van der Waals surface area contributed by atoms with Gasteiger partial charge in [0.25, 0.3) is 0 Å². The molecule has 0 saturated carbocycles. The van der Waals surface area contributed by atoms with Crippen molar-refractivity contribution in [3.63, 3.8) is 0 Å². The van der Waals surface area contributed by atoms with Gasteiger partial charge in [-0.05, 0) is 38.1 Å². The maximum Gasteiger partial charge on any atom is 0.317 e. The third-order valence-corrected chi connectivity index (χ3v) is 7.62. The summed E-state index contributed by atoms with van der Waals surface area (Å²) < 4.78 is 5.23. The molecule has 0 spiro atoms. The van der Waals surface area contributed by atoms with Crippen molar-refractivity contribution in [2.24, 2.45) is 0 Å². The van der Waals surface area contributed by atoms with Crippen LogP contribution >= 0.6 is 23.4 Å². The summed E-state index contributed by atoms with van der Waals surface area (Å²) >= 11 is 7.61. The highest BCUT2D eigenvalue weighted by Gasteiger charge is 2.28. The molecular formula is C25H34ClN7O3S. The minimum absolute atomic E-state index is 0.0308. The molecule has 12 heteroatoms. The molecule has 4 rings (SSSR count). The van der Waals surface area contributed by atoms with E-state index in [0.717, 1.165) is 24.5 Å². The number of hydrogen-bond acceptors (Lipinski definition) is 8. The number of urea groups is 1. The molecule has 2 aromatic rings. The highest BCUT2D eigenvalue weighted by atomic mass is 35.5. The maximum absolute atomic E-state index is 12.9. The van der Waals surface area contributed by atoms with Crippen molar-refractivity contribution in [3.8, 4) is 5.75 Å². The number of thioether (sulfide) groups is 1. The molecule has 0 aliphatic carbocycles. The van der Waals surface area contributed by atoms with Crippen molar-refractivity contribution >= 4 is 46.8 Å². The van der Waals surface area contributed by atoms with Gasteiger partial charge in [-0.1, -0.05) is 23.4 Å². The molecule has 37 heavy (non-hydrogen) atoms. The van der Waals surface area contributed by atoms with E-state index in [1.165, 1.54) is 11.8 Å². The molecule has 3 amide bonds. The number of hydrogen-bond donors (Lipinski definition) is 1. The molecule has 2 aliphatic rings. The number of carbonyl (C=O) groups is 2. The number of halogens is 1. The van der Waals surface area contributed by atoms with Crippen LogP contribution < -0.4 is 19.9 Å². The highest BCUT2D eigenvalue weighted by molar-refractivity contribution is 7.99. The summed E-state index contributed by atoms with van der Waals surface area (Å²) in [5.41, 5.74) is 1.13. The van der Waals surface area contributed by atoms with Crippen molar-refractivity contribution < 1.29 is 14.3 Å². The number of rotatable bonds is 7. The highest BCUT2D eigenvalue weighted by Crippen LogP contribution is 2.25. The average Bonchev–Trinajstić information content (AvgIpc) is 2.91. The van der Waals surface area contributed by atoms with Gasteiger partial charge < -0.3 is 29.7 Å². The minimum Gasteiger partial charge on any atom is -0.497 e. The third-order valence-electron chi connectivity index (χ3n) is 6.60. The van der Waals surface area contributed by atoms with Crippen molar-refractivity contribution in [2.75, 3.05) is 75.0 Å². The molecule has 200 valence electrons. The number of methoxy groups -OCH3 is 1. The second-order valence-corrected chi connectivity index (χ2v) is 10.3. The lowest BCUT2D eigenvalue weighted by molar-refractivity contribution is -0.128. The topological polar surface area (TPSA) is 94.1 Å². The van der Waals surface area contributed by atoms with Crippen LogP contribution in [0.3, 0.4) is 0 Å². The number of ether oxygens (including phenoxy) is 1. The van der Waals surface area contributed by atoms with E-state index in [2.05, 4.69) is 25.1 Å². The Bertz CT molecular complexity index is 1080. The van der Waals surface area contributed by atoms with E-state index in [9.17, 15) is 9.59 Å². The van der Waals surface area contributed by atoms with Crippen molar-refractivity contribution in [3.05, 3.63) is 35.5 Å². The summed E-state index contributed by atoms with van der Waals surface area (Å²) in [5.74, 6) is 1.86. The number of anilines is 2. The molecular weight excluding hydrogens is 514 g/mol. The van der Waals surface area contributed by atoms with Crippen molar-refractivity contribution in [2.45, 2.75) is 25.0 Å². The first kappa shape index (κ1) is 27.1. The Morgan fingerprint density at radius 1 is 1.08 bits per heavy atom. The molecule has 2 aliphatic heterocycles. The van der Waals surface area contributed by atoms with Crippen molar-refractivity contribution in [1.29, 1.82) is 0 Å². The van der Waals surface area contributed by atoms with Gasteiger partial charge >= 0.3 is 6.03 Å². The Labute approximate surface area is 227 Å². The quantitative estimate of drug-likeness (QED) is 0.321. The largest absolute Gasteiger partial charge is 0.497 e. The molecule has 2 fully saturated rings. The predicted molar refractivity (Wildman–Crippen MR) is 147 cm³/mol. The molecule has 0 bridgehead atoms. The van der Waals surface area contributed by atoms with Gasteiger partial charge in [0.2, 0.25) is 5.91 Å². The van der Waals surface area contributed by atoms with Crippen LogP contribution in [0.2, 0.25) is 5.15 Å². The zero-order valence-corrected chi connectivity index (χ0v) is 23.1. The predicted octanol–water partition coefficient (Wildman–Crippen LogP) is 2.82. The zero-order valence-electron chi connectivity index (χ0n) is 21.5. The van der Waals surface area contributed by atoms with E-state index < -0.39 is 0 Å². The van der Waals surface area contributed by atoms with Gasteiger partial charge in [-0.2, -0.15) is 0 Å². The molecule has 3 heterocycles. The lowest BCUT2D eigenvalue weighted by atomic mass is 10.2. The summed E-state index contributed by atoms with van der Waals surface area (Å²) in [7, 11) is 1.66. The first-order valence-electron chi connectivity index (χ1n) is 12.5. The van der Waals surface area contributed by atoms with Crippen LogP contribution in [0.5, 0.6) is 5.75 Å². The molecule has 10 nitrogen and oxygen atoms in total. The van der Waals surface area contributed by atoms with Crippen LogP contribution in [0.25, 0.3) is 0 Å². The molecule has 1 aromatic heterocycles. The summed E-state index contributed by atoms with van der Waals surface area (Å²) in [6, 6.07) is 9.71. The fraction of sp³-hybridized carbons (Fsp3) is 0.520. The Kier molecular flexibility index (Phi) is 9.20. The van der Waals surface area contributed by atoms with E-state index in [1.54, 1.807) is 13.2 Å². The number of carbonyl (C=O) groups excluding carboxylic acids is 2. The van der Waals surface area contributed by atoms with E-state index >= 15 is 0 Å². The van der Waals surface area contributed by atoms with Gasteiger partial charge in [0.1, 0.15) is 16.7 Å². The monoisotopic (exact) mass is 547 g/mol. The summed E-state index contributed by atoms with van der Waals surface area (Å²) in [6.07, 6.45) is 0. The third kappa shape index (κ3) is 6.89. The fourth-order valence-corrected chi connectivity index (χ4v) is 5.54. The SMILES string of the molecule is CCNC(=O)N1CCN(c2cc(Cl)nc(SCC(=O)N3CCN(c4ccc(OC)cc4)CC3)n2)CC1C. The molecule has 1 aromatic carbocycles. The first-order chi connectivity index (χ1) is 17.9. The standard InChI is InChI=1S/C25H34ClN7O3S/c1-4-27-25(35)33-14-13-32(16-18(33)2)22-15-21(26)28-24(29-22)37-17-23(34)31-11-9-30(10-12-31)19-5-7-20(36-3)8-6-19/h5-8,15,18H,4,9-14,16-17H2,1-3H3,(H,27,35). The van der Waals surface area contributed by atoms with E-state index in [4.69, 9.17) is 16.3 Å². The second kappa shape index (κ2) is 12.6. The van der Waals surface area contributed by atoms with E-state index in [1.807, 2.05) is 47.9 Å². The molecule has 0 radical (unpaired) electrons. The number of amides is 3. The lowest BCUT2D eigenvalue weighted by Crippen LogP contribution is -2.56. The Balaban J connectivity index is 1.29. The van der Waals surface area contributed by atoms with E-state index in [-0.39, 0.29) is 23.7 Å². The number of benzene rings is 1. The zero-order chi connectivity index (χ0) is 26.4. The maximum atomic E-state index is 12.9. The lowest BCUT2D eigenvalue weighted by Gasteiger charge is -2.40. The van der Waals surface area contributed by atoms with Gasteiger partial charge in [-0.25, -0.2) is 14.8 Å². The number of nitrogens with zero attached hydrogens (tertiary/aromatic N) is 6. The summed E-state index contributed by atoms with van der Waals surface area (Å²) in [6.45, 7) is 9.32. The Hall–Kier alpha value is -2.92. The first-order valence-corrected chi connectivity index (χ1v) is 13.9. The number of nitrogens with one attached hydrogen (secondary N) is 1. The molecule has 1 N–H and O–H groups in total.